The summed E-state index contributed by atoms with van der Waals surface area (Å²) in [4.78, 5) is 13.6. The smallest absolute Gasteiger partial charge is 0.303 e. The van der Waals surface area contributed by atoms with Crippen molar-refractivity contribution in [1.29, 1.82) is 0 Å². The summed E-state index contributed by atoms with van der Waals surface area (Å²) >= 11 is 0. The van der Waals surface area contributed by atoms with Gasteiger partial charge in [-0.25, -0.2) is 13.1 Å². The minimum atomic E-state index is -3.69. The number of aromatic nitrogens is 1. The van der Waals surface area contributed by atoms with E-state index >= 15 is 0 Å². The number of benzene rings is 1. The highest BCUT2D eigenvalue weighted by Crippen LogP contribution is 2.21. The molecule has 0 aliphatic heterocycles. The van der Waals surface area contributed by atoms with Gasteiger partial charge in [-0.2, -0.15) is 0 Å². The first-order valence-corrected chi connectivity index (χ1v) is 7.89. The molecule has 1 heterocycles. The number of sulfonamides is 1. The van der Waals surface area contributed by atoms with Crippen molar-refractivity contribution in [3.63, 3.8) is 0 Å². The average Bonchev–Trinajstić information content (AvgIpc) is 2.99. The molecule has 21 heavy (non-hydrogen) atoms. The molecule has 0 fully saturated rings. The molecule has 0 saturated heterocycles. The highest BCUT2D eigenvalue weighted by Gasteiger charge is 2.22. The van der Waals surface area contributed by atoms with E-state index in [2.05, 4.69) is 9.71 Å². The Morgan fingerprint density at radius 1 is 1.24 bits per heavy atom. The number of hydrogen-bond acceptors (Lipinski definition) is 3. The number of aliphatic carboxylic acids is 1. The third-order valence-corrected chi connectivity index (χ3v) is 4.50. The number of nitrogens with one attached hydrogen (secondary N) is 2. The fourth-order valence-electron chi connectivity index (χ4n) is 1.98. The normalized spacial score (nSPS) is 13.0. The summed E-state index contributed by atoms with van der Waals surface area (Å²) in [5.74, 6) is -0.961. The highest BCUT2D eigenvalue weighted by atomic mass is 32.2. The van der Waals surface area contributed by atoms with Gasteiger partial charge in [0.05, 0.1) is 4.90 Å². The molecule has 0 aliphatic rings. The van der Waals surface area contributed by atoms with E-state index in [1.165, 1.54) is 18.5 Å². The second-order valence-electron chi connectivity index (χ2n) is 4.56. The Hall–Kier alpha value is -2.12. The van der Waals surface area contributed by atoms with E-state index in [-0.39, 0.29) is 17.7 Å². The van der Waals surface area contributed by atoms with E-state index in [0.717, 1.165) is 5.56 Å². The zero-order chi connectivity index (χ0) is 15.3. The molecule has 0 amide bonds. The van der Waals surface area contributed by atoms with E-state index in [9.17, 15) is 13.2 Å². The number of carboxylic acid groups (broad SMARTS) is 1. The van der Waals surface area contributed by atoms with Gasteiger partial charge in [-0.15, -0.1) is 0 Å². The monoisotopic (exact) mass is 308 g/mol. The van der Waals surface area contributed by atoms with Crippen LogP contribution in [0.1, 0.15) is 24.4 Å². The van der Waals surface area contributed by atoms with E-state index in [0.29, 0.717) is 0 Å². The molecule has 0 saturated carbocycles. The predicted molar refractivity (Wildman–Crippen MR) is 77.2 cm³/mol. The molecule has 0 aliphatic carbocycles. The first-order chi connectivity index (χ1) is 9.99. The molecule has 0 radical (unpaired) electrons. The molecule has 112 valence electrons. The van der Waals surface area contributed by atoms with E-state index in [1.807, 2.05) is 6.07 Å². The third-order valence-electron chi connectivity index (χ3n) is 3.03. The Balaban J connectivity index is 2.22. The fourth-order valence-corrected chi connectivity index (χ4v) is 3.21. The number of carboxylic acids is 1. The summed E-state index contributed by atoms with van der Waals surface area (Å²) in [6, 6.07) is 9.79. The quantitative estimate of drug-likeness (QED) is 0.727. The molecule has 7 heteroatoms. The van der Waals surface area contributed by atoms with E-state index in [4.69, 9.17) is 5.11 Å². The Morgan fingerprint density at radius 3 is 2.52 bits per heavy atom. The molecule has 1 atom stereocenters. The third kappa shape index (κ3) is 4.17. The van der Waals surface area contributed by atoms with Crippen LogP contribution < -0.4 is 4.72 Å². The predicted octanol–water partition coefficient (Wildman–Crippen LogP) is 1.90. The molecule has 0 bridgehead atoms. The summed E-state index contributed by atoms with van der Waals surface area (Å²) in [6.07, 6.45) is 2.96. The van der Waals surface area contributed by atoms with Crippen molar-refractivity contribution in [2.24, 2.45) is 0 Å². The van der Waals surface area contributed by atoms with Crippen molar-refractivity contribution in [3.8, 4) is 0 Å². The van der Waals surface area contributed by atoms with Gasteiger partial charge in [0, 0.05) is 24.9 Å². The van der Waals surface area contributed by atoms with Crippen LogP contribution in [0, 0.1) is 0 Å². The molecular weight excluding hydrogens is 292 g/mol. The SMILES string of the molecule is O=C(O)CCC(NS(=O)(=O)c1cc[nH]c1)c1ccccc1. The molecule has 1 unspecified atom stereocenters. The molecule has 1 aromatic carbocycles. The lowest BCUT2D eigenvalue weighted by Crippen LogP contribution is -2.29. The second kappa shape index (κ2) is 6.55. The zero-order valence-electron chi connectivity index (χ0n) is 11.2. The largest absolute Gasteiger partial charge is 0.481 e. The first-order valence-electron chi connectivity index (χ1n) is 6.41. The number of rotatable bonds is 7. The standard InChI is InChI=1S/C14H16N2O4S/c17-14(18)7-6-13(11-4-2-1-3-5-11)16-21(19,20)12-8-9-15-10-12/h1-5,8-10,13,15-16H,6-7H2,(H,17,18). The van der Waals surface area contributed by atoms with Crippen molar-refractivity contribution in [2.75, 3.05) is 0 Å². The maximum Gasteiger partial charge on any atom is 0.303 e. The van der Waals surface area contributed by atoms with Crippen molar-refractivity contribution >= 4 is 16.0 Å². The molecule has 2 rings (SSSR count). The lowest BCUT2D eigenvalue weighted by molar-refractivity contribution is -0.137. The van der Waals surface area contributed by atoms with Gasteiger partial charge < -0.3 is 10.1 Å². The fraction of sp³-hybridized carbons (Fsp3) is 0.214. The van der Waals surface area contributed by atoms with E-state index < -0.39 is 22.0 Å². The molecule has 1 aromatic heterocycles. The van der Waals surface area contributed by atoms with Crippen molar-refractivity contribution in [1.82, 2.24) is 9.71 Å². The Kier molecular flexibility index (Phi) is 4.77. The van der Waals surface area contributed by atoms with Gasteiger partial charge in [0.25, 0.3) is 0 Å². The van der Waals surface area contributed by atoms with Gasteiger partial charge in [-0.05, 0) is 18.1 Å². The maximum atomic E-state index is 12.2. The molecule has 6 nitrogen and oxygen atoms in total. The lowest BCUT2D eigenvalue weighted by Gasteiger charge is -2.18. The van der Waals surface area contributed by atoms with Crippen LogP contribution in [0.2, 0.25) is 0 Å². The molecule has 2 aromatic rings. The van der Waals surface area contributed by atoms with Gasteiger partial charge >= 0.3 is 5.97 Å². The summed E-state index contributed by atoms with van der Waals surface area (Å²) in [5, 5.41) is 8.81. The van der Waals surface area contributed by atoms with Crippen molar-refractivity contribution in [2.45, 2.75) is 23.8 Å². The van der Waals surface area contributed by atoms with Crippen LogP contribution in [0.5, 0.6) is 0 Å². The van der Waals surface area contributed by atoms with Crippen LogP contribution in [0.4, 0.5) is 0 Å². The molecule has 0 spiro atoms. The minimum Gasteiger partial charge on any atom is -0.481 e. The van der Waals surface area contributed by atoms with Gasteiger partial charge in [0.2, 0.25) is 10.0 Å². The number of carbonyl (C=O) groups is 1. The Bertz CT molecular complexity index is 681. The van der Waals surface area contributed by atoms with E-state index in [1.54, 1.807) is 24.3 Å². The topological polar surface area (TPSA) is 99.3 Å². The number of H-pyrrole nitrogens is 1. The van der Waals surface area contributed by atoms with Crippen LogP contribution in [0.15, 0.2) is 53.7 Å². The minimum absolute atomic E-state index is 0.116. The van der Waals surface area contributed by atoms with Crippen LogP contribution in [-0.2, 0) is 14.8 Å². The van der Waals surface area contributed by atoms with Gasteiger partial charge in [-0.1, -0.05) is 30.3 Å². The van der Waals surface area contributed by atoms with Gasteiger partial charge in [-0.3, -0.25) is 4.79 Å². The van der Waals surface area contributed by atoms with Crippen LogP contribution in [-0.4, -0.2) is 24.5 Å². The Morgan fingerprint density at radius 2 is 1.95 bits per heavy atom. The van der Waals surface area contributed by atoms with Crippen molar-refractivity contribution in [3.05, 3.63) is 54.4 Å². The summed E-state index contributed by atoms with van der Waals surface area (Å²) in [7, 11) is -3.69. The number of hydrogen-bond donors (Lipinski definition) is 3. The van der Waals surface area contributed by atoms with Gasteiger partial charge in [0.15, 0.2) is 0 Å². The Labute approximate surface area is 122 Å². The van der Waals surface area contributed by atoms with Crippen LogP contribution >= 0.6 is 0 Å². The zero-order valence-corrected chi connectivity index (χ0v) is 12.0. The number of aromatic amines is 1. The lowest BCUT2D eigenvalue weighted by atomic mass is 10.0. The van der Waals surface area contributed by atoms with Crippen LogP contribution in [0.25, 0.3) is 0 Å². The van der Waals surface area contributed by atoms with Crippen LogP contribution in [0.3, 0.4) is 0 Å². The summed E-state index contributed by atoms with van der Waals surface area (Å²) in [5.41, 5.74) is 0.734. The second-order valence-corrected chi connectivity index (χ2v) is 6.28. The average molecular weight is 308 g/mol. The van der Waals surface area contributed by atoms with Crippen molar-refractivity contribution < 1.29 is 18.3 Å². The summed E-state index contributed by atoms with van der Waals surface area (Å²) in [6.45, 7) is 0. The van der Waals surface area contributed by atoms with Gasteiger partial charge in [0.1, 0.15) is 0 Å². The molecule has 3 N–H and O–H groups in total. The maximum absolute atomic E-state index is 12.2. The summed E-state index contributed by atoms with van der Waals surface area (Å²) < 4.78 is 27.0. The first kappa shape index (κ1) is 15.3. The molecular formula is C14H16N2O4S. The highest BCUT2D eigenvalue weighted by molar-refractivity contribution is 7.89.